The van der Waals surface area contributed by atoms with Crippen molar-refractivity contribution in [2.24, 2.45) is 34.6 Å². The van der Waals surface area contributed by atoms with Crippen LogP contribution in [-0.4, -0.2) is 12.6 Å². The lowest BCUT2D eigenvalue weighted by Gasteiger charge is -2.59. The van der Waals surface area contributed by atoms with Gasteiger partial charge in [-0.05, 0) is 81.1 Å². The van der Waals surface area contributed by atoms with Crippen molar-refractivity contribution in [1.82, 2.24) is 0 Å². The monoisotopic (exact) mass is 236 g/mol. The Morgan fingerprint density at radius 3 is 1.94 bits per heavy atom. The lowest BCUT2D eigenvalue weighted by Crippen LogP contribution is -2.54. The van der Waals surface area contributed by atoms with E-state index in [1.807, 2.05) is 0 Å². The molecule has 0 saturated heterocycles. The molecule has 0 spiro atoms. The third-order valence-corrected chi connectivity index (χ3v) is 5.84. The van der Waals surface area contributed by atoms with Crippen molar-refractivity contribution in [3.8, 4) is 0 Å². The van der Waals surface area contributed by atoms with E-state index in [4.69, 9.17) is 11.5 Å². The summed E-state index contributed by atoms with van der Waals surface area (Å²) in [7, 11) is 0. The van der Waals surface area contributed by atoms with Crippen LogP contribution in [0.3, 0.4) is 0 Å². The summed E-state index contributed by atoms with van der Waals surface area (Å²) in [5, 5.41) is 0. The van der Waals surface area contributed by atoms with E-state index in [2.05, 4.69) is 0 Å². The summed E-state index contributed by atoms with van der Waals surface area (Å²) in [5.74, 6) is 3.09. The molecular formula is C15H28N2. The Morgan fingerprint density at radius 2 is 1.47 bits per heavy atom. The van der Waals surface area contributed by atoms with Crippen LogP contribution in [0.25, 0.3) is 0 Å². The van der Waals surface area contributed by atoms with Crippen LogP contribution in [0.2, 0.25) is 0 Å². The highest BCUT2D eigenvalue weighted by Crippen LogP contribution is 2.61. The second-order valence-electron chi connectivity index (χ2n) is 7.17. The molecule has 4 aliphatic carbocycles. The van der Waals surface area contributed by atoms with Crippen LogP contribution in [0, 0.1) is 23.2 Å². The van der Waals surface area contributed by atoms with Gasteiger partial charge >= 0.3 is 0 Å². The Morgan fingerprint density at radius 1 is 0.941 bits per heavy atom. The van der Waals surface area contributed by atoms with Crippen LogP contribution in [0.15, 0.2) is 0 Å². The number of unbranched alkanes of at least 4 members (excludes halogenated alkanes) is 1. The first-order chi connectivity index (χ1) is 8.22. The molecule has 98 valence electrons. The van der Waals surface area contributed by atoms with E-state index in [9.17, 15) is 0 Å². The van der Waals surface area contributed by atoms with Crippen molar-refractivity contribution < 1.29 is 0 Å². The summed E-state index contributed by atoms with van der Waals surface area (Å²) >= 11 is 0. The normalized spacial score (nSPS) is 45.2. The lowest BCUT2D eigenvalue weighted by molar-refractivity contribution is -0.0684. The fourth-order valence-electron chi connectivity index (χ4n) is 5.45. The first-order valence-corrected chi connectivity index (χ1v) is 7.67. The van der Waals surface area contributed by atoms with Gasteiger partial charge in [-0.1, -0.05) is 6.42 Å². The average Bonchev–Trinajstić information content (AvgIpc) is 2.27. The molecule has 4 bridgehead atoms. The highest BCUT2D eigenvalue weighted by molar-refractivity contribution is 5.05. The van der Waals surface area contributed by atoms with Gasteiger partial charge in [-0.15, -0.1) is 0 Å². The SMILES string of the molecule is NCCCCC(N)C12CC3CC(CC(C3)C1)C2. The van der Waals surface area contributed by atoms with E-state index in [0.717, 1.165) is 30.7 Å². The molecule has 0 amide bonds. The van der Waals surface area contributed by atoms with Gasteiger partial charge in [0.2, 0.25) is 0 Å². The van der Waals surface area contributed by atoms with Gasteiger partial charge in [0.25, 0.3) is 0 Å². The maximum absolute atomic E-state index is 6.57. The first-order valence-electron chi connectivity index (χ1n) is 7.67. The molecule has 4 fully saturated rings. The third-order valence-electron chi connectivity index (χ3n) is 5.84. The molecule has 1 unspecified atom stereocenters. The third kappa shape index (κ3) is 2.15. The Balaban J connectivity index is 1.64. The molecule has 0 heterocycles. The van der Waals surface area contributed by atoms with Crippen LogP contribution in [0.1, 0.15) is 57.8 Å². The van der Waals surface area contributed by atoms with E-state index in [0.29, 0.717) is 11.5 Å². The molecule has 0 aromatic heterocycles. The molecule has 0 aromatic rings. The lowest BCUT2D eigenvalue weighted by atomic mass is 9.47. The van der Waals surface area contributed by atoms with Gasteiger partial charge in [-0.25, -0.2) is 0 Å². The second-order valence-corrected chi connectivity index (χ2v) is 7.17. The molecular weight excluding hydrogens is 208 g/mol. The number of rotatable bonds is 5. The quantitative estimate of drug-likeness (QED) is 0.721. The fraction of sp³-hybridized carbons (Fsp3) is 1.00. The maximum atomic E-state index is 6.57. The standard InChI is InChI=1S/C15H28N2/c16-4-2-1-3-14(17)15-8-11-5-12(9-15)7-13(6-11)10-15/h11-14H,1-10,16-17H2. The zero-order valence-electron chi connectivity index (χ0n) is 11.0. The van der Waals surface area contributed by atoms with Crippen LogP contribution >= 0.6 is 0 Å². The summed E-state index contributed by atoms with van der Waals surface area (Å²) in [4.78, 5) is 0. The Hall–Kier alpha value is -0.0800. The second kappa shape index (κ2) is 4.55. The van der Waals surface area contributed by atoms with Crippen LogP contribution in [0.5, 0.6) is 0 Å². The molecule has 0 radical (unpaired) electrons. The highest BCUT2D eigenvalue weighted by Gasteiger charge is 2.52. The minimum Gasteiger partial charge on any atom is -0.330 e. The molecule has 4 saturated carbocycles. The first kappa shape index (κ1) is 12.0. The molecule has 4 N–H and O–H groups in total. The molecule has 0 aliphatic heterocycles. The zero-order valence-corrected chi connectivity index (χ0v) is 11.0. The summed E-state index contributed by atoms with van der Waals surface area (Å²) < 4.78 is 0. The van der Waals surface area contributed by atoms with Gasteiger partial charge < -0.3 is 11.5 Å². The Bertz CT molecular complexity index is 239. The summed E-state index contributed by atoms with van der Waals surface area (Å²) in [6.07, 6.45) is 12.5. The van der Waals surface area contributed by atoms with Crippen LogP contribution in [0.4, 0.5) is 0 Å². The molecule has 1 atom stereocenters. The predicted molar refractivity (Wildman–Crippen MR) is 71.5 cm³/mol. The molecule has 0 aromatic carbocycles. The highest BCUT2D eigenvalue weighted by atomic mass is 14.7. The fourth-order valence-corrected chi connectivity index (χ4v) is 5.45. The summed E-state index contributed by atoms with van der Waals surface area (Å²) in [6.45, 7) is 0.827. The van der Waals surface area contributed by atoms with Gasteiger partial charge in [-0.2, -0.15) is 0 Å². The Labute approximate surface area is 106 Å². The van der Waals surface area contributed by atoms with Crippen molar-refractivity contribution in [3.63, 3.8) is 0 Å². The average molecular weight is 236 g/mol. The Kier molecular flexibility index (Phi) is 3.20. The number of hydrogen-bond acceptors (Lipinski definition) is 2. The summed E-state index contributed by atoms with van der Waals surface area (Å²) in [6, 6.07) is 0.461. The minimum atomic E-state index is 0.461. The van der Waals surface area contributed by atoms with E-state index < -0.39 is 0 Å². The smallest absolute Gasteiger partial charge is 0.00958 e. The van der Waals surface area contributed by atoms with E-state index in [1.165, 1.54) is 51.4 Å². The van der Waals surface area contributed by atoms with Gasteiger partial charge in [0, 0.05) is 6.04 Å². The largest absolute Gasteiger partial charge is 0.330 e. The topological polar surface area (TPSA) is 52.0 Å². The molecule has 17 heavy (non-hydrogen) atoms. The van der Waals surface area contributed by atoms with Crippen molar-refractivity contribution in [2.45, 2.75) is 63.8 Å². The van der Waals surface area contributed by atoms with Gasteiger partial charge in [0.1, 0.15) is 0 Å². The number of hydrogen-bond donors (Lipinski definition) is 2. The molecule has 2 heteroatoms. The van der Waals surface area contributed by atoms with E-state index in [1.54, 1.807) is 0 Å². The van der Waals surface area contributed by atoms with E-state index >= 15 is 0 Å². The van der Waals surface area contributed by atoms with E-state index in [-0.39, 0.29) is 0 Å². The van der Waals surface area contributed by atoms with Gasteiger partial charge in [0.05, 0.1) is 0 Å². The van der Waals surface area contributed by atoms with Crippen molar-refractivity contribution in [1.29, 1.82) is 0 Å². The van der Waals surface area contributed by atoms with Gasteiger partial charge in [0.15, 0.2) is 0 Å². The van der Waals surface area contributed by atoms with Crippen LogP contribution < -0.4 is 11.5 Å². The van der Waals surface area contributed by atoms with Crippen molar-refractivity contribution in [3.05, 3.63) is 0 Å². The van der Waals surface area contributed by atoms with Crippen molar-refractivity contribution in [2.75, 3.05) is 6.54 Å². The molecule has 2 nitrogen and oxygen atoms in total. The zero-order chi connectivity index (χ0) is 11.9. The predicted octanol–water partition coefficient (Wildman–Crippen LogP) is 2.66. The molecule has 4 aliphatic rings. The minimum absolute atomic E-state index is 0.461. The summed E-state index contributed by atoms with van der Waals surface area (Å²) in [5.41, 5.74) is 12.7. The van der Waals surface area contributed by atoms with Gasteiger partial charge in [-0.3, -0.25) is 0 Å². The molecule has 4 rings (SSSR count). The maximum Gasteiger partial charge on any atom is 0.00958 e. The van der Waals surface area contributed by atoms with Crippen molar-refractivity contribution >= 4 is 0 Å². The van der Waals surface area contributed by atoms with Crippen LogP contribution in [-0.2, 0) is 0 Å². The number of nitrogens with two attached hydrogens (primary N) is 2.